The molecule has 0 spiro atoms. The van der Waals surface area contributed by atoms with Crippen LogP contribution in [0.3, 0.4) is 0 Å². The normalized spacial score (nSPS) is 21.0. The van der Waals surface area contributed by atoms with Gasteiger partial charge in [0.15, 0.2) is 0 Å². The zero-order valence-electron chi connectivity index (χ0n) is 15.4. The molecule has 8 heteroatoms. The Labute approximate surface area is 163 Å². The van der Waals surface area contributed by atoms with Gasteiger partial charge >= 0.3 is 12.4 Å². The van der Waals surface area contributed by atoms with Crippen LogP contribution in [0.25, 0.3) is 0 Å². The molecule has 2 nitrogen and oxygen atoms in total. The average molecular weight is 416 g/mol. The highest BCUT2D eigenvalue weighted by molar-refractivity contribution is 5.96. The highest BCUT2D eigenvalue weighted by atomic mass is 19.4. The van der Waals surface area contributed by atoms with E-state index in [4.69, 9.17) is 4.74 Å². The maximum Gasteiger partial charge on any atom is 0.416 e. The van der Waals surface area contributed by atoms with Crippen molar-refractivity contribution in [2.24, 2.45) is 0 Å². The number of alkyl halides is 6. The summed E-state index contributed by atoms with van der Waals surface area (Å²) in [5.41, 5.74) is -3.22. The molecule has 0 aliphatic heterocycles. The highest BCUT2D eigenvalue weighted by Crippen LogP contribution is 2.42. The molecule has 2 aromatic rings. The first-order chi connectivity index (χ1) is 13.4. The van der Waals surface area contributed by atoms with E-state index < -0.39 is 35.0 Å². The summed E-state index contributed by atoms with van der Waals surface area (Å²) in [7, 11) is 0. The van der Waals surface area contributed by atoms with Gasteiger partial charge in [-0.3, -0.25) is 4.79 Å². The number of ether oxygens (including phenoxy) is 1. The average Bonchev–Trinajstić information content (AvgIpc) is 2.66. The Morgan fingerprint density at radius 2 is 1.52 bits per heavy atom. The number of Topliss-reactive ketones (excluding diaryl/α,β-unsaturated/α-hetero) is 1. The number of ketones is 1. The second kappa shape index (κ2) is 7.48. The maximum atomic E-state index is 13.1. The van der Waals surface area contributed by atoms with Crippen LogP contribution in [-0.4, -0.2) is 12.4 Å². The number of carbonyl (C=O) groups excluding carboxylic acids is 1. The van der Waals surface area contributed by atoms with E-state index in [1.165, 1.54) is 6.92 Å². The van der Waals surface area contributed by atoms with Crippen LogP contribution in [0, 0.1) is 0 Å². The van der Waals surface area contributed by atoms with Gasteiger partial charge in [0.2, 0.25) is 0 Å². The van der Waals surface area contributed by atoms with Crippen molar-refractivity contribution >= 4 is 5.78 Å². The molecule has 0 heterocycles. The van der Waals surface area contributed by atoms with Gasteiger partial charge < -0.3 is 4.74 Å². The Morgan fingerprint density at radius 3 is 1.93 bits per heavy atom. The number of carbonyl (C=O) groups is 1. The van der Waals surface area contributed by atoms with Crippen LogP contribution in [0.5, 0.6) is 0 Å². The van der Waals surface area contributed by atoms with Gasteiger partial charge in [-0.1, -0.05) is 30.3 Å². The molecule has 0 aromatic heterocycles. The quantitative estimate of drug-likeness (QED) is 0.551. The number of benzene rings is 2. The summed E-state index contributed by atoms with van der Waals surface area (Å²) in [6, 6.07) is 10.2. The summed E-state index contributed by atoms with van der Waals surface area (Å²) in [6.45, 7) is 1.26. The smallest absolute Gasteiger partial charge is 0.372 e. The third kappa shape index (κ3) is 4.32. The second-order valence-corrected chi connectivity index (χ2v) is 7.16. The van der Waals surface area contributed by atoms with Gasteiger partial charge in [-0.15, -0.1) is 0 Å². The van der Waals surface area contributed by atoms with Crippen LogP contribution in [0.4, 0.5) is 26.3 Å². The van der Waals surface area contributed by atoms with Gasteiger partial charge in [-0.25, -0.2) is 0 Å². The summed E-state index contributed by atoms with van der Waals surface area (Å²) in [6.07, 6.45) is -10.0. The van der Waals surface area contributed by atoms with E-state index in [0.717, 1.165) is 5.56 Å². The summed E-state index contributed by atoms with van der Waals surface area (Å²) in [5, 5.41) is 0. The fraction of sp³-hybridized carbons (Fsp3) is 0.381. The first-order valence-electron chi connectivity index (χ1n) is 8.93. The standard InChI is InChI=1S/C21H18F6O2/c1-13(14-9-16(20(22,23)24)11-17(10-14)21(25,26)27)29-12-19(8-7-18(19)28)15-5-3-2-4-6-15/h2-6,9-11,13H,7-8,12H2,1H3/t13-,19?/m1/s1. The third-order valence-electron chi connectivity index (χ3n) is 5.30. The number of hydrogen-bond acceptors (Lipinski definition) is 2. The Kier molecular flexibility index (Phi) is 5.51. The molecule has 0 amide bonds. The van der Waals surface area contributed by atoms with E-state index in [1.807, 2.05) is 0 Å². The Bertz CT molecular complexity index is 856. The molecule has 3 rings (SSSR count). The van der Waals surface area contributed by atoms with Gasteiger partial charge in [0.1, 0.15) is 5.78 Å². The topological polar surface area (TPSA) is 26.3 Å². The molecule has 1 unspecified atom stereocenters. The molecular weight excluding hydrogens is 398 g/mol. The van der Waals surface area contributed by atoms with E-state index in [2.05, 4.69) is 0 Å². The minimum absolute atomic E-state index is 0.0593. The summed E-state index contributed by atoms with van der Waals surface area (Å²) >= 11 is 0. The first kappa shape index (κ1) is 21.4. The van der Waals surface area contributed by atoms with Crippen molar-refractivity contribution in [3.8, 4) is 0 Å². The molecule has 2 aromatic carbocycles. The molecule has 0 radical (unpaired) electrons. The molecule has 0 N–H and O–H groups in total. The van der Waals surface area contributed by atoms with Crippen molar-refractivity contribution in [2.45, 2.75) is 43.6 Å². The predicted octanol–water partition coefficient (Wildman–Crippen LogP) is 6.10. The lowest BCUT2D eigenvalue weighted by Gasteiger charge is -2.41. The molecule has 0 saturated heterocycles. The molecule has 1 aliphatic rings. The minimum atomic E-state index is -4.93. The molecule has 1 aliphatic carbocycles. The lowest BCUT2D eigenvalue weighted by Crippen LogP contribution is -2.48. The Morgan fingerprint density at radius 1 is 0.966 bits per heavy atom. The molecule has 1 fully saturated rings. The number of hydrogen-bond donors (Lipinski definition) is 0. The van der Waals surface area contributed by atoms with Gasteiger partial charge in [0.25, 0.3) is 0 Å². The first-order valence-corrected chi connectivity index (χ1v) is 8.93. The summed E-state index contributed by atoms with van der Waals surface area (Å²) in [5.74, 6) is -0.0593. The van der Waals surface area contributed by atoms with Gasteiger partial charge in [0.05, 0.1) is 29.3 Å². The van der Waals surface area contributed by atoms with Crippen LogP contribution < -0.4 is 0 Å². The van der Waals surface area contributed by atoms with Gasteiger partial charge in [-0.05, 0) is 42.7 Å². The molecule has 0 bridgehead atoms. The zero-order chi connectivity index (χ0) is 21.4. The third-order valence-corrected chi connectivity index (χ3v) is 5.30. The molecule has 1 saturated carbocycles. The molecular formula is C21H18F6O2. The van der Waals surface area contributed by atoms with E-state index in [0.29, 0.717) is 25.0 Å². The lowest BCUT2D eigenvalue weighted by molar-refractivity contribution is -0.143. The van der Waals surface area contributed by atoms with E-state index in [9.17, 15) is 31.1 Å². The lowest BCUT2D eigenvalue weighted by atomic mass is 9.64. The van der Waals surface area contributed by atoms with Crippen LogP contribution >= 0.6 is 0 Å². The van der Waals surface area contributed by atoms with Crippen molar-refractivity contribution in [1.82, 2.24) is 0 Å². The molecule has 156 valence electrons. The van der Waals surface area contributed by atoms with Crippen molar-refractivity contribution < 1.29 is 35.9 Å². The van der Waals surface area contributed by atoms with Crippen molar-refractivity contribution in [3.63, 3.8) is 0 Å². The van der Waals surface area contributed by atoms with Crippen LogP contribution in [0.15, 0.2) is 48.5 Å². The SMILES string of the molecule is C[C@@H](OCC1(c2ccccc2)CCC1=O)c1cc(C(F)(F)F)cc(C(F)(F)F)c1. The monoisotopic (exact) mass is 416 g/mol. The maximum absolute atomic E-state index is 13.1. The Hall–Kier alpha value is -2.35. The number of halogens is 6. The van der Waals surface area contributed by atoms with E-state index in [1.54, 1.807) is 30.3 Å². The van der Waals surface area contributed by atoms with Crippen LogP contribution in [0.2, 0.25) is 0 Å². The van der Waals surface area contributed by atoms with Crippen molar-refractivity contribution in [2.75, 3.05) is 6.61 Å². The largest absolute Gasteiger partial charge is 0.416 e. The summed E-state index contributed by atoms with van der Waals surface area (Å²) in [4.78, 5) is 12.3. The van der Waals surface area contributed by atoms with Crippen molar-refractivity contribution in [1.29, 1.82) is 0 Å². The summed E-state index contributed by atoms with van der Waals surface area (Å²) < 4.78 is 84.0. The van der Waals surface area contributed by atoms with Crippen LogP contribution in [0.1, 0.15) is 48.1 Å². The molecule has 29 heavy (non-hydrogen) atoms. The second-order valence-electron chi connectivity index (χ2n) is 7.16. The minimum Gasteiger partial charge on any atom is -0.372 e. The van der Waals surface area contributed by atoms with E-state index in [-0.39, 0.29) is 24.0 Å². The zero-order valence-corrected chi connectivity index (χ0v) is 15.4. The fourth-order valence-electron chi connectivity index (χ4n) is 3.40. The number of rotatable bonds is 5. The highest BCUT2D eigenvalue weighted by Gasteiger charge is 2.48. The fourth-order valence-corrected chi connectivity index (χ4v) is 3.40. The van der Waals surface area contributed by atoms with E-state index >= 15 is 0 Å². The van der Waals surface area contributed by atoms with Gasteiger partial charge in [0, 0.05) is 6.42 Å². The molecule has 2 atom stereocenters. The van der Waals surface area contributed by atoms with Crippen molar-refractivity contribution in [3.05, 3.63) is 70.8 Å². The van der Waals surface area contributed by atoms with Crippen LogP contribution in [-0.2, 0) is 27.3 Å². The Balaban J connectivity index is 1.87. The predicted molar refractivity (Wildman–Crippen MR) is 93.2 cm³/mol. The van der Waals surface area contributed by atoms with Gasteiger partial charge in [-0.2, -0.15) is 26.3 Å².